The third-order valence-corrected chi connectivity index (χ3v) is 3.70. The van der Waals surface area contributed by atoms with Gasteiger partial charge in [-0.2, -0.15) is 13.2 Å². The van der Waals surface area contributed by atoms with Crippen LogP contribution in [0, 0.1) is 0 Å². The molecule has 2 unspecified atom stereocenters. The summed E-state index contributed by atoms with van der Waals surface area (Å²) in [5, 5.41) is 0. The number of benzene rings is 1. The van der Waals surface area contributed by atoms with Crippen molar-refractivity contribution in [1.82, 2.24) is 4.90 Å². The van der Waals surface area contributed by atoms with Crippen LogP contribution in [0.15, 0.2) is 24.3 Å². The Bertz CT molecular complexity index is 501. The Balaban J connectivity index is 2.40. The number of carbonyl (C=O) groups excluding carboxylic acids is 1. The largest absolute Gasteiger partial charge is 0.416 e. The van der Waals surface area contributed by atoms with Gasteiger partial charge in [-0.05, 0) is 30.5 Å². The van der Waals surface area contributed by atoms with Gasteiger partial charge in [-0.25, -0.2) is 0 Å². The van der Waals surface area contributed by atoms with Crippen molar-refractivity contribution in [3.8, 4) is 0 Å². The first kappa shape index (κ1) is 14.8. The number of amides is 1. The fraction of sp³-hybridized carbons (Fsp3) is 0.500. The molecule has 2 atom stereocenters. The van der Waals surface area contributed by atoms with Crippen molar-refractivity contribution in [1.29, 1.82) is 0 Å². The number of hydrogen-bond donors (Lipinski definition) is 1. The Hall–Kier alpha value is -1.56. The van der Waals surface area contributed by atoms with E-state index < -0.39 is 17.8 Å². The van der Waals surface area contributed by atoms with Gasteiger partial charge in [-0.1, -0.05) is 12.1 Å². The normalized spacial score (nSPS) is 24.6. The van der Waals surface area contributed by atoms with Crippen molar-refractivity contribution < 1.29 is 18.0 Å². The highest BCUT2D eigenvalue weighted by molar-refractivity contribution is 5.76. The highest BCUT2D eigenvalue weighted by atomic mass is 19.4. The average Bonchev–Trinajstić information content (AvgIpc) is 2.49. The minimum Gasteiger partial charge on any atom is -0.337 e. The molecular weight excluding hydrogens is 269 g/mol. The van der Waals surface area contributed by atoms with Gasteiger partial charge in [-0.15, -0.1) is 0 Å². The van der Waals surface area contributed by atoms with Crippen LogP contribution < -0.4 is 5.73 Å². The summed E-state index contributed by atoms with van der Waals surface area (Å²) in [5.74, 6) is -0.0830. The highest BCUT2D eigenvalue weighted by Gasteiger charge is 2.34. The van der Waals surface area contributed by atoms with E-state index in [1.165, 1.54) is 11.0 Å². The Labute approximate surface area is 115 Å². The second-order valence-corrected chi connectivity index (χ2v) is 5.13. The predicted octanol–water partition coefficient (Wildman–Crippen LogP) is 2.72. The van der Waals surface area contributed by atoms with Crippen molar-refractivity contribution >= 4 is 5.91 Å². The molecule has 0 radical (unpaired) electrons. The van der Waals surface area contributed by atoms with Crippen LogP contribution >= 0.6 is 0 Å². The molecule has 2 N–H and O–H groups in total. The lowest BCUT2D eigenvalue weighted by molar-refractivity contribution is -0.137. The molecule has 1 saturated heterocycles. The van der Waals surface area contributed by atoms with Crippen LogP contribution in [0.2, 0.25) is 0 Å². The minimum absolute atomic E-state index is 0.0830. The quantitative estimate of drug-likeness (QED) is 0.863. The van der Waals surface area contributed by atoms with Crippen LogP contribution in [0.4, 0.5) is 13.2 Å². The zero-order valence-corrected chi connectivity index (χ0v) is 11.2. The molecule has 1 amide bonds. The van der Waals surface area contributed by atoms with E-state index in [-0.39, 0.29) is 11.9 Å². The SMILES string of the molecule is CN1C(=O)CCCC(N)C1c1cccc(C(F)(F)F)c1. The smallest absolute Gasteiger partial charge is 0.337 e. The molecule has 2 rings (SSSR count). The first-order valence-corrected chi connectivity index (χ1v) is 6.49. The summed E-state index contributed by atoms with van der Waals surface area (Å²) in [6.07, 6.45) is -2.72. The van der Waals surface area contributed by atoms with Crippen molar-refractivity contribution in [3.05, 3.63) is 35.4 Å². The van der Waals surface area contributed by atoms with E-state index in [1.807, 2.05) is 0 Å². The molecule has 0 aromatic heterocycles. The number of hydrogen-bond acceptors (Lipinski definition) is 2. The summed E-state index contributed by atoms with van der Waals surface area (Å²) in [4.78, 5) is 13.3. The lowest BCUT2D eigenvalue weighted by atomic mass is 9.95. The minimum atomic E-state index is -4.40. The topological polar surface area (TPSA) is 46.3 Å². The van der Waals surface area contributed by atoms with Crippen LogP contribution in [0.3, 0.4) is 0 Å². The predicted molar refractivity (Wildman–Crippen MR) is 68.8 cm³/mol. The molecule has 1 aromatic rings. The molecule has 1 heterocycles. The van der Waals surface area contributed by atoms with Crippen molar-refractivity contribution in [2.45, 2.75) is 37.5 Å². The zero-order valence-electron chi connectivity index (χ0n) is 11.2. The second-order valence-electron chi connectivity index (χ2n) is 5.13. The molecule has 0 bridgehead atoms. The molecule has 1 aliphatic heterocycles. The van der Waals surface area contributed by atoms with Gasteiger partial charge in [0.05, 0.1) is 11.6 Å². The number of nitrogens with zero attached hydrogens (tertiary/aromatic N) is 1. The van der Waals surface area contributed by atoms with Gasteiger partial charge in [0.15, 0.2) is 0 Å². The Kier molecular flexibility index (Phi) is 4.04. The van der Waals surface area contributed by atoms with Crippen LogP contribution in [0.5, 0.6) is 0 Å². The first-order valence-electron chi connectivity index (χ1n) is 6.49. The lowest BCUT2D eigenvalue weighted by Gasteiger charge is -2.31. The van der Waals surface area contributed by atoms with Crippen LogP contribution in [0.1, 0.15) is 36.4 Å². The molecule has 1 fully saturated rings. The molecule has 1 aliphatic rings. The molecule has 6 heteroatoms. The van der Waals surface area contributed by atoms with Crippen molar-refractivity contribution in [3.63, 3.8) is 0 Å². The van der Waals surface area contributed by atoms with Crippen LogP contribution in [0.25, 0.3) is 0 Å². The van der Waals surface area contributed by atoms with Gasteiger partial charge in [0, 0.05) is 19.5 Å². The second kappa shape index (κ2) is 5.44. The lowest BCUT2D eigenvalue weighted by Crippen LogP contribution is -2.39. The van der Waals surface area contributed by atoms with E-state index in [1.54, 1.807) is 13.1 Å². The zero-order chi connectivity index (χ0) is 14.9. The number of rotatable bonds is 1. The number of alkyl halides is 3. The standard InChI is InChI=1S/C14H17F3N2O/c1-19-12(20)7-3-6-11(18)13(19)9-4-2-5-10(8-9)14(15,16)17/h2,4-5,8,11,13H,3,6-7,18H2,1H3. The van der Waals surface area contributed by atoms with E-state index in [2.05, 4.69) is 0 Å². The summed E-state index contributed by atoms with van der Waals surface area (Å²) in [5.41, 5.74) is 5.77. The molecule has 0 saturated carbocycles. The molecule has 110 valence electrons. The fourth-order valence-corrected chi connectivity index (χ4v) is 2.64. The molecule has 0 spiro atoms. The number of likely N-dealkylation sites (N-methyl/N-ethyl adjacent to an activating group) is 1. The number of likely N-dealkylation sites (tertiary alicyclic amines) is 1. The van der Waals surface area contributed by atoms with E-state index in [0.717, 1.165) is 12.1 Å². The van der Waals surface area contributed by atoms with E-state index >= 15 is 0 Å². The van der Waals surface area contributed by atoms with Gasteiger partial charge in [-0.3, -0.25) is 4.79 Å². The molecule has 20 heavy (non-hydrogen) atoms. The van der Waals surface area contributed by atoms with Gasteiger partial charge in [0.1, 0.15) is 0 Å². The Morgan fingerprint density at radius 3 is 2.70 bits per heavy atom. The van der Waals surface area contributed by atoms with Crippen LogP contribution in [-0.2, 0) is 11.0 Å². The first-order chi connectivity index (χ1) is 9.30. The van der Waals surface area contributed by atoms with E-state index in [0.29, 0.717) is 24.8 Å². The average molecular weight is 286 g/mol. The van der Waals surface area contributed by atoms with Gasteiger partial charge in [0.25, 0.3) is 0 Å². The summed E-state index contributed by atoms with van der Waals surface area (Å²) in [6, 6.07) is 4.19. The number of nitrogens with two attached hydrogens (primary N) is 1. The summed E-state index contributed by atoms with van der Waals surface area (Å²) < 4.78 is 38.3. The highest BCUT2D eigenvalue weighted by Crippen LogP contribution is 2.34. The van der Waals surface area contributed by atoms with Gasteiger partial charge in [0.2, 0.25) is 5.91 Å². The van der Waals surface area contributed by atoms with E-state index in [9.17, 15) is 18.0 Å². The monoisotopic (exact) mass is 286 g/mol. The molecular formula is C14H17F3N2O. The molecule has 3 nitrogen and oxygen atoms in total. The maximum atomic E-state index is 12.8. The number of carbonyl (C=O) groups is 1. The Morgan fingerprint density at radius 2 is 2.05 bits per heavy atom. The third-order valence-electron chi connectivity index (χ3n) is 3.70. The van der Waals surface area contributed by atoms with Crippen molar-refractivity contribution in [2.24, 2.45) is 5.73 Å². The third kappa shape index (κ3) is 2.95. The summed E-state index contributed by atoms with van der Waals surface area (Å²) in [7, 11) is 1.60. The molecule has 1 aromatic carbocycles. The van der Waals surface area contributed by atoms with Gasteiger partial charge < -0.3 is 10.6 Å². The van der Waals surface area contributed by atoms with E-state index in [4.69, 9.17) is 5.73 Å². The summed E-state index contributed by atoms with van der Waals surface area (Å²) >= 11 is 0. The number of halogens is 3. The fourth-order valence-electron chi connectivity index (χ4n) is 2.64. The Morgan fingerprint density at radius 1 is 1.35 bits per heavy atom. The van der Waals surface area contributed by atoms with Gasteiger partial charge >= 0.3 is 6.18 Å². The maximum Gasteiger partial charge on any atom is 0.416 e. The molecule has 0 aliphatic carbocycles. The van der Waals surface area contributed by atoms with Crippen molar-refractivity contribution in [2.75, 3.05) is 7.05 Å². The maximum absolute atomic E-state index is 12.8. The van der Waals surface area contributed by atoms with Crippen LogP contribution in [-0.4, -0.2) is 23.9 Å². The summed E-state index contributed by atoms with van der Waals surface area (Å²) in [6.45, 7) is 0.